The van der Waals surface area contributed by atoms with Gasteiger partial charge in [0.25, 0.3) is 0 Å². The number of carbonyl (C=O) groups excluding carboxylic acids is 2. The maximum atomic E-state index is 12.6. The molecule has 9 nitrogen and oxygen atoms in total. The largest absolute Gasteiger partial charge is 0.472 e. The Hall–Kier alpha value is -1.51. The normalized spacial score (nSPS) is 13.5. The summed E-state index contributed by atoms with van der Waals surface area (Å²) < 4.78 is 32.8. The van der Waals surface area contributed by atoms with Crippen molar-refractivity contribution in [3.05, 3.63) is 24.3 Å². The van der Waals surface area contributed by atoms with E-state index in [1.165, 1.54) is 128 Å². The van der Waals surface area contributed by atoms with Crippen LogP contribution in [0.4, 0.5) is 0 Å². The molecule has 0 aliphatic carbocycles. The number of unbranched alkanes of at least 4 members (excludes halogenated alkanes) is 26. The number of nitrogens with two attached hydrogens (primary N) is 1. The molecule has 0 aromatic rings. The van der Waals surface area contributed by atoms with Crippen molar-refractivity contribution >= 4 is 19.8 Å². The summed E-state index contributed by atoms with van der Waals surface area (Å²) in [6.45, 7) is 3.73. The van der Waals surface area contributed by atoms with Crippen LogP contribution in [0.25, 0.3) is 0 Å². The first kappa shape index (κ1) is 53.5. The van der Waals surface area contributed by atoms with Gasteiger partial charge in [0, 0.05) is 19.4 Å². The Morgan fingerprint density at radius 3 is 1.29 bits per heavy atom. The molecule has 0 rings (SSSR count). The lowest BCUT2D eigenvalue weighted by Gasteiger charge is -2.19. The van der Waals surface area contributed by atoms with Crippen LogP contribution < -0.4 is 5.73 Å². The first-order chi connectivity index (χ1) is 26.8. The molecule has 0 saturated heterocycles. The Morgan fingerprint density at radius 1 is 0.527 bits per heavy atom. The highest BCUT2D eigenvalue weighted by molar-refractivity contribution is 7.47. The van der Waals surface area contributed by atoms with Crippen LogP contribution in [0.3, 0.4) is 0 Å². The standard InChI is InChI=1S/C45H86NO8P/c1-3-5-7-9-11-13-15-17-19-20-21-22-24-26-28-30-32-34-36-38-45(48)54-43(42-53-55(49,50)52-40-39-46)41-51-44(47)37-35-33-31-29-27-25-23-18-16-14-12-10-8-6-4-2/h17-19,23,43H,3-16,20-22,24-42,46H2,1-2H3,(H,49,50)/b19-17-,23-18-/t43-/m1/s1. The van der Waals surface area contributed by atoms with Gasteiger partial charge in [-0.05, 0) is 64.2 Å². The topological polar surface area (TPSA) is 134 Å². The quantitative estimate of drug-likeness (QED) is 0.0267. The van der Waals surface area contributed by atoms with Crippen LogP contribution in [0.5, 0.6) is 0 Å². The van der Waals surface area contributed by atoms with Crippen LogP contribution in [0.15, 0.2) is 24.3 Å². The highest BCUT2D eigenvalue weighted by Crippen LogP contribution is 2.43. The molecule has 1 unspecified atom stereocenters. The zero-order chi connectivity index (χ0) is 40.3. The van der Waals surface area contributed by atoms with Crippen LogP contribution in [-0.2, 0) is 32.7 Å². The van der Waals surface area contributed by atoms with E-state index in [-0.39, 0.29) is 38.6 Å². The highest BCUT2D eigenvalue weighted by Gasteiger charge is 2.26. The van der Waals surface area contributed by atoms with E-state index in [1.54, 1.807) is 0 Å². The van der Waals surface area contributed by atoms with Gasteiger partial charge < -0.3 is 20.1 Å². The molecule has 2 atom stereocenters. The van der Waals surface area contributed by atoms with Crippen molar-refractivity contribution in [3.8, 4) is 0 Å². The maximum Gasteiger partial charge on any atom is 0.472 e. The number of esters is 2. The van der Waals surface area contributed by atoms with Gasteiger partial charge in [-0.1, -0.05) is 167 Å². The van der Waals surface area contributed by atoms with Crippen LogP contribution >= 0.6 is 7.82 Å². The van der Waals surface area contributed by atoms with Gasteiger partial charge in [0.15, 0.2) is 6.10 Å². The third-order valence-electron chi connectivity index (χ3n) is 9.81. The molecule has 0 heterocycles. The molecule has 324 valence electrons. The summed E-state index contributed by atoms with van der Waals surface area (Å²) in [5, 5.41) is 0. The molecule has 0 radical (unpaired) electrons. The first-order valence-corrected chi connectivity index (χ1v) is 24.3. The van der Waals surface area contributed by atoms with E-state index in [4.69, 9.17) is 24.3 Å². The lowest BCUT2D eigenvalue weighted by Crippen LogP contribution is -2.29. The van der Waals surface area contributed by atoms with Gasteiger partial charge in [0.1, 0.15) is 6.61 Å². The van der Waals surface area contributed by atoms with Crippen LogP contribution in [0, 0.1) is 0 Å². The molecule has 0 aromatic carbocycles. The maximum absolute atomic E-state index is 12.6. The number of ether oxygens (including phenoxy) is 2. The SMILES string of the molecule is CCCCCCCC/C=C\CCCCCCCCCCCC(=O)O[C@H](COC(=O)CCCCCCC/C=C\CCCCCCCC)COP(=O)(O)OCCN. The summed E-state index contributed by atoms with van der Waals surface area (Å²) in [6, 6.07) is 0. The molecule has 0 aliphatic heterocycles. The van der Waals surface area contributed by atoms with E-state index in [2.05, 4.69) is 38.2 Å². The molecule has 0 aliphatic rings. The van der Waals surface area contributed by atoms with Crippen molar-refractivity contribution in [3.63, 3.8) is 0 Å². The Labute approximate surface area is 338 Å². The monoisotopic (exact) mass is 800 g/mol. The number of rotatable bonds is 43. The van der Waals surface area contributed by atoms with Gasteiger partial charge in [-0.25, -0.2) is 4.57 Å². The molecule has 0 amide bonds. The third-order valence-corrected chi connectivity index (χ3v) is 10.8. The molecule has 10 heteroatoms. The predicted molar refractivity (Wildman–Crippen MR) is 229 cm³/mol. The van der Waals surface area contributed by atoms with Gasteiger partial charge in [0.05, 0.1) is 13.2 Å². The lowest BCUT2D eigenvalue weighted by atomic mass is 10.1. The number of phosphoric ester groups is 1. The van der Waals surface area contributed by atoms with Gasteiger partial charge >= 0.3 is 19.8 Å². The second-order valence-corrected chi connectivity index (χ2v) is 16.7. The summed E-state index contributed by atoms with van der Waals surface area (Å²) in [5.41, 5.74) is 5.35. The average molecular weight is 800 g/mol. The van der Waals surface area contributed by atoms with E-state index in [0.29, 0.717) is 6.42 Å². The van der Waals surface area contributed by atoms with E-state index in [9.17, 15) is 19.0 Å². The third kappa shape index (κ3) is 41.9. The van der Waals surface area contributed by atoms with Crippen molar-refractivity contribution < 1.29 is 37.6 Å². The highest BCUT2D eigenvalue weighted by atomic mass is 31.2. The minimum Gasteiger partial charge on any atom is -0.462 e. The number of carbonyl (C=O) groups is 2. The van der Waals surface area contributed by atoms with Crippen molar-refractivity contribution in [1.82, 2.24) is 0 Å². The van der Waals surface area contributed by atoms with Gasteiger partial charge in [-0.15, -0.1) is 0 Å². The second kappa shape index (κ2) is 42.1. The van der Waals surface area contributed by atoms with Crippen molar-refractivity contribution in [2.24, 2.45) is 5.73 Å². The molecule has 0 aromatic heterocycles. The number of hydrogen-bond acceptors (Lipinski definition) is 8. The Morgan fingerprint density at radius 2 is 0.891 bits per heavy atom. The fraction of sp³-hybridized carbons (Fsp3) is 0.867. The summed E-state index contributed by atoms with van der Waals surface area (Å²) in [7, 11) is -4.38. The predicted octanol–water partition coefficient (Wildman–Crippen LogP) is 13.2. The second-order valence-electron chi connectivity index (χ2n) is 15.3. The van der Waals surface area contributed by atoms with Gasteiger partial charge in [-0.3, -0.25) is 18.6 Å². The zero-order valence-electron chi connectivity index (χ0n) is 35.7. The van der Waals surface area contributed by atoms with Crippen LogP contribution in [0.2, 0.25) is 0 Å². The summed E-state index contributed by atoms with van der Waals surface area (Å²) in [5.74, 6) is -0.834. The van der Waals surface area contributed by atoms with E-state index in [0.717, 1.165) is 57.8 Å². The molecular formula is C45H86NO8P. The molecule has 3 N–H and O–H groups in total. The molecular weight excluding hydrogens is 713 g/mol. The van der Waals surface area contributed by atoms with Gasteiger partial charge in [0.2, 0.25) is 0 Å². The van der Waals surface area contributed by atoms with E-state index < -0.39 is 26.5 Å². The Balaban J connectivity index is 4.11. The summed E-state index contributed by atoms with van der Waals surface area (Å²) in [4.78, 5) is 34.9. The molecule has 55 heavy (non-hydrogen) atoms. The Kier molecular flexibility index (Phi) is 40.9. The van der Waals surface area contributed by atoms with Gasteiger partial charge in [-0.2, -0.15) is 0 Å². The van der Waals surface area contributed by atoms with Crippen LogP contribution in [-0.4, -0.2) is 49.3 Å². The molecule has 0 saturated carbocycles. The fourth-order valence-corrected chi connectivity index (χ4v) is 7.15. The summed E-state index contributed by atoms with van der Waals surface area (Å²) in [6.07, 6.45) is 44.9. The smallest absolute Gasteiger partial charge is 0.462 e. The minimum atomic E-state index is -4.38. The Bertz CT molecular complexity index is 959. The lowest BCUT2D eigenvalue weighted by molar-refractivity contribution is -0.161. The number of hydrogen-bond donors (Lipinski definition) is 2. The summed E-state index contributed by atoms with van der Waals surface area (Å²) >= 11 is 0. The minimum absolute atomic E-state index is 0.0531. The molecule has 0 spiro atoms. The average Bonchev–Trinajstić information content (AvgIpc) is 3.17. The van der Waals surface area contributed by atoms with Crippen molar-refractivity contribution in [1.29, 1.82) is 0 Å². The first-order valence-electron chi connectivity index (χ1n) is 22.8. The van der Waals surface area contributed by atoms with E-state index in [1.807, 2.05) is 0 Å². The molecule has 0 fully saturated rings. The number of allylic oxidation sites excluding steroid dienone is 4. The van der Waals surface area contributed by atoms with Crippen molar-refractivity contribution in [2.45, 2.75) is 225 Å². The van der Waals surface area contributed by atoms with Crippen LogP contribution in [0.1, 0.15) is 219 Å². The fourth-order valence-electron chi connectivity index (χ4n) is 6.39. The molecule has 0 bridgehead atoms. The van der Waals surface area contributed by atoms with Crippen molar-refractivity contribution in [2.75, 3.05) is 26.4 Å². The number of phosphoric acid groups is 1. The van der Waals surface area contributed by atoms with E-state index >= 15 is 0 Å². The zero-order valence-corrected chi connectivity index (χ0v) is 36.6.